The lowest BCUT2D eigenvalue weighted by Gasteiger charge is -2.22. The number of nitrogens with one attached hydrogen (secondary N) is 1. The van der Waals surface area contributed by atoms with Crippen molar-refractivity contribution in [1.29, 1.82) is 0 Å². The topological polar surface area (TPSA) is 32.3 Å². The molecule has 0 unspecified atom stereocenters. The summed E-state index contributed by atoms with van der Waals surface area (Å²) in [6.07, 6.45) is 0.993. The van der Waals surface area contributed by atoms with Crippen molar-refractivity contribution in [3.63, 3.8) is 0 Å². The molecule has 0 bridgehead atoms. The number of hydrogen-bond donors (Lipinski definition) is 1. The highest BCUT2D eigenvalue weighted by atomic mass is 16.2. The normalized spacial score (nSPS) is 15.1. The maximum Gasteiger partial charge on any atom is 0.223 e. The van der Waals surface area contributed by atoms with Gasteiger partial charge in [-0.05, 0) is 37.5 Å². The van der Waals surface area contributed by atoms with Gasteiger partial charge in [-0.3, -0.25) is 4.79 Å². The fourth-order valence-corrected chi connectivity index (χ4v) is 2.15. The van der Waals surface area contributed by atoms with Crippen molar-refractivity contribution in [3.8, 4) is 0 Å². The van der Waals surface area contributed by atoms with Crippen molar-refractivity contribution in [2.45, 2.75) is 27.2 Å². The summed E-state index contributed by atoms with van der Waals surface area (Å²) in [6, 6.07) is 4.12. The molecule has 1 amide bonds. The summed E-state index contributed by atoms with van der Waals surface area (Å²) in [4.78, 5) is 13.5. The standard InChI is InChI=1S/C13H18N2O/c1-9-5-6-12-13(10(9)2)14-7-4-8-15(12)11(3)16/h5-6,14H,4,7-8H2,1-3H3. The molecule has 0 atom stereocenters. The first kappa shape index (κ1) is 11.0. The van der Waals surface area contributed by atoms with Crippen molar-refractivity contribution >= 4 is 17.3 Å². The van der Waals surface area contributed by atoms with Gasteiger partial charge in [0.1, 0.15) is 0 Å². The van der Waals surface area contributed by atoms with Crippen LogP contribution < -0.4 is 10.2 Å². The minimum atomic E-state index is 0.119. The van der Waals surface area contributed by atoms with Crippen LogP contribution in [-0.2, 0) is 4.79 Å². The molecule has 1 heterocycles. The molecule has 0 radical (unpaired) electrons. The molecule has 1 aliphatic rings. The molecule has 3 nitrogen and oxygen atoms in total. The average Bonchev–Trinajstić information content (AvgIpc) is 2.46. The Labute approximate surface area is 96.5 Å². The maximum atomic E-state index is 11.6. The second kappa shape index (κ2) is 4.16. The van der Waals surface area contributed by atoms with Gasteiger partial charge in [0.15, 0.2) is 0 Å². The molecule has 0 saturated heterocycles. The number of carbonyl (C=O) groups excluding carboxylic acids is 1. The van der Waals surface area contributed by atoms with Crippen LogP contribution in [0.15, 0.2) is 12.1 Å². The second-order valence-electron chi connectivity index (χ2n) is 4.35. The number of fused-ring (bicyclic) bond motifs is 1. The summed E-state index contributed by atoms with van der Waals surface area (Å²) in [7, 11) is 0. The van der Waals surface area contributed by atoms with Gasteiger partial charge in [0.2, 0.25) is 5.91 Å². The fourth-order valence-electron chi connectivity index (χ4n) is 2.15. The number of hydrogen-bond acceptors (Lipinski definition) is 2. The molecule has 0 aromatic heterocycles. The van der Waals surface area contributed by atoms with Crippen LogP contribution in [0.2, 0.25) is 0 Å². The van der Waals surface area contributed by atoms with E-state index in [-0.39, 0.29) is 5.91 Å². The fraction of sp³-hybridized carbons (Fsp3) is 0.462. The van der Waals surface area contributed by atoms with Crippen molar-refractivity contribution in [1.82, 2.24) is 0 Å². The van der Waals surface area contributed by atoms with Crippen LogP contribution >= 0.6 is 0 Å². The van der Waals surface area contributed by atoms with Gasteiger partial charge >= 0.3 is 0 Å². The lowest BCUT2D eigenvalue weighted by molar-refractivity contribution is -0.116. The van der Waals surface area contributed by atoms with E-state index in [9.17, 15) is 4.79 Å². The minimum absolute atomic E-state index is 0.119. The Balaban J connectivity index is 2.54. The SMILES string of the molecule is CC(=O)N1CCCNc2c1ccc(C)c2C. The lowest BCUT2D eigenvalue weighted by atomic mass is 10.1. The predicted octanol–water partition coefficient (Wildman–Crippen LogP) is 2.47. The molecule has 0 fully saturated rings. The van der Waals surface area contributed by atoms with Crippen molar-refractivity contribution in [2.24, 2.45) is 0 Å². The van der Waals surface area contributed by atoms with Crippen LogP contribution in [0.5, 0.6) is 0 Å². The molecular weight excluding hydrogens is 200 g/mol. The Bertz CT molecular complexity index is 426. The van der Waals surface area contributed by atoms with Crippen LogP contribution in [0.4, 0.5) is 11.4 Å². The summed E-state index contributed by atoms with van der Waals surface area (Å²) in [5, 5.41) is 3.43. The van der Waals surface area contributed by atoms with E-state index < -0.39 is 0 Å². The predicted molar refractivity (Wildman–Crippen MR) is 67.0 cm³/mol. The molecule has 0 aliphatic carbocycles. The highest BCUT2D eigenvalue weighted by Crippen LogP contribution is 2.33. The summed E-state index contributed by atoms with van der Waals surface area (Å²) >= 11 is 0. The minimum Gasteiger partial charge on any atom is -0.383 e. The summed E-state index contributed by atoms with van der Waals surface area (Å²) in [6.45, 7) is 7.56. The average molecular weight is 218 g/mol. The van der Waals surface area contributed by atoms with Crippen molar-refractivity contribution < 1.29 is 4.79 Å². The van der Waals surface area contributed by atoms with Crippen LogP contribution in [0.25, 0.3) is 0 Å². The summed E-state index contributed by atoms with van der Waals surface area (Å²) in [5.74, 6) is 0.119. The Morgan fingerprint density at radius 2 is 2.12 bits per heavy atom. The highest BCUT2D eigenvalue weighted by Gasteiger charge is 2.19. The van der Waals surface area contributed by atoms with Gasteiger partial charge < -0.3 is 10.2 Å². The number of rotatable bonds is 0. The zero-order valence-corrected chi connectivity index (χ0v) is 10.1. The number of anilines is 2. The molecule has 86 valence electrons. The van der Waals surface area contributed by atoms with Crippen LogP contribution in [0.1, 0.15) is 24.5 Å². The highest BCUT2D eigenvalue weighted by molar-refractivity contribution is 5.96. The van der Waals surface area contributed by atoms with E-state index in [1.54, 1.807) is 6.92 Å². The molecule has 0 spiro atoms. The van der Waals surface area contributed by atoms with E-state index in [0.717, 1.165) is 30.9 Å². The third kappa shape index (κ3) is 1.77. The first-order valence-electron chi connectivity index (χ1n) is 5.73. The number of aryl methyl sites for hydroxylation is 1. The first-order chi connectivity index (χ1) is 7.61. The van der Waals surface area contributed by atoms with E-state index in [2.05, 4.69) is 25.2 Å². The molecule has 16 heavy (non-hydrogen) atoms. The van der Waals surface area contributed by atoms with Crippen molar-refractivity contribution in [2.75, 3.05) is 23.3 Å². The second-order valence-corrected chi connectivity index (χ2v) is 4.35. The Hall–Kier alpha value is -1.51. The monoisotopic (exact) mass is 218 g/mol. The lowest BCUT2D eigenvalue weighted by Crippen LogP contribution is -2.29. The van der Waals surface area contributed by atoms with Crippen LogP contribution in [0, 0.1) is 13.8 Å². The Morgan fingerprint density at radius 3 is 2.81 bits per heavy atom. The molecule has 2 rings (SSSR count). The summed E-state index contributed by atoms with van der Waals surface area (Å²) in [5.41, 5.74) is 4.64. The van der Waals surface area contributed by atoms with Crippen LogP contribution in [-0.4, -0.2) is 19.0 Å². The van der Waals surface area contributed by atoms with Gasteiger partial charge in [-0.15, -0.1) is 0 Å². The molecule has 3 heteroatoms. The van der Waals surface area contributed by atoms with Gasteiger partial charge in [-0.1, -0.05) is 6.07 Å². The molecule has 0 saturated carbocycles. The van der Waals surface area contributed by atoms with Crippen molar-refractivity contribution in [3.05, 3.63) is 23.3 Å². The third-order valence-corrected chi connectivity index (χ3v) is 3.25. The van der Waals surface area contributed by atoms with Gasteiger partial charge in [0.25, 0.3) is 0 Å². The number of nitrogens with zero attached hydrogens (tertiary/aromatic N) is 1. The first-order valence-corrected chi connectivity index (χ1v) is 5.73. The van der Waals surface area contributed by atoms with E-state index >= 15 is 0 Å². The van der Waals surface area contributed by atoms with Gasteiger partial charge in [-0.25, -0.2) is 0 Å². The Morgan fingerprint density at radius 1 is 1.38 bits per heavy atom. The Kier molecular flexibility index (Phi) is 2.86. The third-order valence-electron chi connectivity index (χ3n) is 3.25. The van der Waals surface area contributed by atoms with E-state index in [0.29, 0.717) is 0 Å². The van der Waals surface area contributed by atoms with Crippen LogP contribution in [0.3, 0.4) is 0 Å². The van der Waals surface area contributed by atoms with Gasteiger partial charge in [0, 0.05) is 20.0 Å². The number of carbonyl (C=O) groups is 1. The molecule has 1 aromatic carbocycles. The zero-order valence-electron chi connectivity index (χ0n) is 10.1. The maximum absolute atomic E-state index is 11.6. The molecular formula is C13H18N2O. The smallest absolute Gasteiger partial charge is 0.223 e. The van der Waals surface area contributed by atoms with E-state index in [4.69, 9.17) is 0 Å². The number of amides is 1. The number of benzene rings is 1. The quantitative estimate of drug-likeness (QED) is 0.725. The molecule has 1 aliphatic heterocycles. The van der Waals surface area contributed by atoms with E-state index in [1.807, 2.05) is 11.0 Å². The van der Waals surface area contributed by atoms with Gasteiger partial charge in [0.05, 0.1) is 11.4 Å². The van der Waals surface area contributed by atoms with E-state index in [1.165, 1.54) is 11.1 Å². The largest absolute Gasteiger partial charge is 0.383 e. The zero-order chi connectivity index (χ0) is 11.7. The molecule has 1 aromatic rings. The van der Waals surface area contributed by atoms with Gasteiger partial charge in [-0.2, -0.15) is 0 Å². The molecule has 1 N–H and O–H groups in total. The summed E-state index contributed by atoms with van der Waals surface area (Å²) < 4.78 is 0.